The molecule has 2 heteroatoms. The minimum absolute atomic E-state index is 0.139. The van der Waals surface area contributed by atoms with Crippen molar-refractivity contribution in [3.63, 3.8) is 0 Å². The molecule has 0 saturated carbocycles. The number of rotatable bonds is 4. The van der Waals surface area contributed by atoms with E-state index >= 15 is 0 Å². The Morgan fingerprint density at radius 2 is 2.20 bits per heavy atom. The number of benzene rings is 1. The highest BCUT2D eigenvalue weighted by molar-refractivity contribution is 5.50. The first-order valence-corrected chi connectivity index (χ1v) is 5.78. The summed E-state index contributed by atoms with van der Waals surface area (Å²) in [6.07, 6.45) is 2.63. The van der Waals surface area contributed by atoms with Crippen LogP contribution in [0.3, 0.4) is 0 Å². The molecule has 1 heterocycles. The van der Waals surface area contributed by atoms with Crippen LogP contribution in [0.15, 0.2) is 24.3 Å². The largest absolute Gasteiger partial charge is 0.392 e. The second kappa shape index (κ2) is 4.67. The molecule has 1 aromatic carbocycles. The first-order valence-electron chi connectivity index (χ1n) is 5.78. The summed E-state index contributed by atoms with van der Waals surface area (Å²) in [5, 5.41) is 9.05. The van der Waals surface area contributed by atoms with Gasteiger partial charge in [0.15, 0.2) is 0 Å². The topological polar surface area (TPSA) is 23.5 Å². The van der Waals surface area contributed by atoms with Crippen LogP contribution in [0.1, 0.15) is 25.3 Å². The number of hydrogen-bond acceptors (Lipinski definition) is 2. The molecule has 0 radical (unpaired) electrons. The molecule has 0 aromatic heterocycles. The number of anilines is 1. The van der Waals surface area contributed by atoms with E-state index in [-0.39, 0.29) is 6.61 Å². The van der Waals surface area contributed by atoms with E-state index in [4.69, 9.17) is 5.11 Å². The van der Waals surface area contributed by atoms with Crippen molar-refractivity contribution in [3.05, 3.63) is 29.8 Å². The molecule has 0 spiro atoms. The first kappa shape index (κ1) is 10.5. The summed E-state index contributed by atoms with van der Waals surface area (Å²) >= 11 is 0. The zero-order valence-corrected chi connectivity index (χ0v) is 9.32. The Morgan fingerprint density at radius 3 is 2.87 bits per heavy atom. The van der Waals surface area contributed by atoms with Gasteiger partial charge in [0.1, 0.15) is 0 Å². The third-order valence-corrected chi connectivity index (χ3v) is 3.11. The highest BCUT2D eigenvalue weighted by Crippen LogP contribution is 2.27. The molecule has 15 heavy (non-hydrogen) atoms. The number of aliphatic hydroxyl groups is 1. The Bertz CT molecular complexity index is 318. The van der Waals surface area contributed by atoms with E-state index in [0.717, 1.165) is 11.5 Å². The van der Waals surface area contributed by atoms with E-state index in [2.05, 4.69) is 24.0 Å². The Morgan fingerprint density at radius 1 is 1.40 bits per heavy atom. The molecule has 0 atom stereocenters. The lowest BCUT2D eigenvalue weighted by molar-refractivity contribution is 0.281. The Kier molecular flexibility index (Phi) is 3.27. The van der Waals surface area contributed by atoms with Crippen molar-refractivity contribution >= 4 is 5.69 Å². The smallest absolute Gasteiger partial charge is 0.0682 e. The van der Waals surface area contributed by atoms with Crippen LogP contribution in [0.5, 0.6) is 0 Å². The number of aliphatic hydroxyl groups excluding tert-OH is 1. The quantitative estimate of drug-likeness (QED) is 0.816. The van der Waals surface area contributed by atoms with Gasteiger partial charge in [0.2, 0.25) is 0 Å². The van der Waals surface area contributed by atoms with Crippen LogP contribution in [-0.4, -0.2) is 18.2 Å². The molecule has 1 aliphatic rings. The van der Waals surface area contributed by atoms with Crippen molar-refractivity contribution in [3.8, 4) is 0 Å². The second-order valence-corrected chi connectivity index (χ2v) is 4.39. The van der Waals surface area contributed by atoms with Crippen molar-refractivity contribution < 1.29 is 5.11 Å². The molecule has 82 valence electrons. The van der Waals surface area contributed by atoms with Crippen molar-refractivity contribution in [1.82, 2.24) is 0 Å². The third kappa shape index (κ3) is 2.32. The number of nitrogens with zero attached hydrogens (tertiary/aromatic N) is 1. The van der Waals surface area contributed by atoms with Gasteiger partial charge in [-0.1, -0.05) is 25.5 Å². The lowest BCUT2D eigenvalue weighted by Gasteiger charge is -2.41. The summed E-state index contributed by atoms with van der Waals surface area (Å²) < 4.78 is 0. The van der Waals surface area contributed by atoms with Gasteiger partial charge in [0, 0.05) is 18.8 Å². The predicted molar refractivity (Wildman–Crippen MR) is 63.0 cm³/mol. The van der Waals surface area contributed by atoms with Gasteiger partial charge in [-0.25, -0.2) is 0 Å². The molecule has 1 N–H and O–H groups in total. The van der Waals surface area contributed by atoms with Crippen molar-refractivity contribution in [2.24, 2.45) is 5.92 Å². The zero-order chi connectivity index (χ0) is 10.7. The van der Waals surface area contributed by atoms with E-state index < -0.39 is 0 Å². The average Bonchev–Trinajstić information content (AvgIpc) is 2.23. The van der Waals surface area contributed by atoms with Crippen molar-refractivity contribution in [2.45, 2.75) is 26.4 Å². The molecule has 2 nitrogen and oxygen atoms in total. The average molecular weight is 205 g/mol. The van der Waals surface area contributed by atoms with Crippen molar-refractivity contribution in [2.75, 3.05) is 18.0 Å². The molecule has 1 saturated heterocycles. The maximum atomic E-state index is 9.05. The highest BCUT2D eigenvalue weighted by atomic mass is 16.3. The van der Waals surface area contributed by atoms with Gasteiger partial charge in [-0.15, -0.1) is 0 Å². The van der Waals surface area contributed by atoms with Crippen LogP contribution >= 0.6 is 0 Å². The van der Waals surface area contributed by atoms with Gasteiger partial charge in [-0.05, 0) is 30.0 Å². The molecular weight excluding hydrogens is 186 g/mol. The van der Waals surface area contributed by atoms with E-state index in [1.165, 1.54) is 31.6 Å². The van der Waals surface area contributed by atoms with Crippen LogP contribution < -0.4 is 4.90 Å². The molecular formula is C13H19NO. The Hall–Kier alpha value is -1.02. The molecule has 1 aliphatic heterocycles. The van der Waals surface area contributed by atoms with Gasteiger partial charge < -0.3 is 10.0 Å². The molecule has 0 bridgehead atoms. The minimum Gasteiger partial charge on any atom is -0.392 e. The fourth-order valence-electron chi connectivity index (χ4n) is 2.22. The fraction of sp³-hybridized carbons (Fsp3) is 0.538. The molecule has 1 fully saturated rings. The highest BCUT2D eigenvalue weighted by Gasteiger charge is 2.25. The van der Waals surface area contributed by atoms with Crippen LogP contribution in [0.4, 0.5) is 5.69 Å². The summed E-state index contributed by atoms with van der Waals surface area (Å²) in [6.45, 7) is 4.75. The van der Waals surface area contributed by atoms with Crippen LogP contribution in [-0.2, 0) is 6.61 Å². The normalized spacial score (nSPS) is 16.5. The van der Waals surface area contributed by atoms with Gasteiger partial charge >= 0.3 is 0 Å². The van der Waals surface area contributed by atoms with Crippen LogP contribution in [0.2, 0.25) is 0 Å². The Balaban J connectivity index is 1.94. The summed E-state index contributed by atoms with van der Waals surface area (Å²) in [5.41, 5.74) is 2.26. The zero-order valence-electron chi connectivity index (χ0n) is 9.32. The molecule has 1 aromatic rings. The maximum absolute atomic E-state index is 9.05. The summed E-state index contributed by atoms with van der Waals surface area (Å²) in [4.78, 5) is 2.39. The summed E-state index contributed by atoms with van der Waals surface area (Å²) in [7, 11) is 0. The van der Waals surface area contributed by atoms with Crippen LogP contribution in [0.25, 0.3) is 0 Å². The predicted octanol–water partition coefficient (Wildman–Crippen LogP) is 2.42. The fourth-order valence-corrected chi connectivity index (χ4v) is 2.22. The third-order valence-electron chi connectivity index (χ3n) is 3.11. The lowest BCUT2D eigenvalue weighted by atomic mass is 9.94. The van der Waals surface area contributed by atoms with Gasteiger partial charge in [0.05, 0.1) is 6.61 Å². The SMILES string of the molecule is CCCC1CN(c2cccc(CO)c2)C1. The summed E-state index contributed by atoms with van der Waals surface area (Å²) in [6, 6.07) is 8.20. The maximum Gasteiger partial charge on any atom is 0.0682 e. The molecule has 0 aliphatic carbocycles. The van der Waals surface area contributed by atoms with Gasteiger partial charge in [0.25, 0.3) is 0 Å². The molecule has 0 amide bonds. The standard InChI is InChI=1S/C13H19NO/c1-2-4-12-8-14(9-12)13-6-3-5-11(7-13)10-15/h3,5-7,12,15H,2,4,8-10H2,1H3. The second-order valence-electron chi connectivity index (χ2n) is 4.39. The minimum atomic E-state index is 0.139. The van der Waals surface area contributed by atoms with Gasteiger partial charge in [-0.3, -0.25) is 0 Å². The van der Waals surface area contributed by atoms with Gasteiger partial charge in [-0.2, -0.15) is 0 Å². The lowest BCUT2D eigenvalue weighted by Crippen LogP contribution is -2.46. The molecule has 0 unspecified atom stereocenters. The Labute approximate surface area is 91.5 Å². The van der Waals surface area contributed by atoms with E-state index in [1.54, 1.807) is 0 Å². The van der Waals surface area contributed by atoms with Crippen molar-refractivity contribution in [1.29, 1.82) is 0 Å². The monoisotopic (exact) mass is 205 g/mol. The van der Waals surface area contributed by atoms with E-state index in [0.29, 0.717) is 0 Å². The first-order chi connectivity index (χ1) is 7.33. The summed E-state index contributed by atoms with van der Waals surface area (Å²) in [5.74, 6) is 0.882. The number of hydrogen-bond donors (Lipinski definition) is 1. The van der Waals surface area contributed by atoms with E-state index in [1.807, 2.05) is 12.1 Å². The molecule has 2 rings (SSSR count). The van der Waals surface area contributed by atoms with Crippen LogP contribution in [0, 0.1) is 5.92 Å². The van der Waals surface area contributed by atoms with E-state index in [9.17, 15) is 0 Å².